The Labute approximate surface area is 126 Å². The van der Waals surface area contributed by atoms with Crippen molar-refractivity contribution in [1.82, 2.24) is 4.90 Å². The maximum Gasteiger partial charge on any atom is 0.227 e. The molecule has 0 atom stereocenters. The molecule has 4 nitrogen and oxygen atoms in total. The van der Waals surface area contributed by atoms with Gasteiger partial charge in [-0.05, 0) is 37.8 Å². The summed E-state index contributed by atoms with van der Waals surface area (Å²) in [7, 11) is 0. The van der Waals surface area contributed by atoms with Crippen LogP contribution >= 0.6 is 0 Å². The van der Waals surface area contributed by atoms with E-state index in [1.807, 2.05) is 43.9 Å². The molecule has 2 amide bonds. The third kappa shape index (κ3) is 3.63. The quantitative estimate of drug-likeness (QED) is 0.929. The van der Waals surface area contributed by atoms with Crippen LogP contribution in [0.3, 0.4) is 0 Å². The van der Waals surface area contributed by atoms with E-state index in [1.54, 1.807) is 0 Å². The Morgan fingerprint density at radius 1 is 1.19 bits per heavy atom. The van der Waals surface area contributed by atoms with Gasteiger partial charge in [-0.2, -0.15) is 0 Å². The summed E-state index contributed by atoms with van der Waals surface area (Å²) in [6.07, 6.45) is 2.05. The van der Waals surface area contributed by atoms with Gasteiger partial charge in [0.1, 0.15) is 0 Å². The van der Waals surface area contributed by atoms with Crippen LogP contribution in [0.5, 0.6) is 0 Å². The maximum atomic E-state index is 12.4. The first-order valence-corrected chi connectivity index (χ1v) is 7.67. The van der Waals surface area contributed by atoms with Crippen LogP contribution in [0.4, 0.5) is 5.69 Å². The first-order valence-electron chi connectivity index (χ1n) is 7.67. The Hall–Kier alpha value is -1.84. The first kappa shape index (κ1) is 15.5. The maximum absolute atomic E-state index is 12.4. The molecule has 114 valence electrons. The number of hydrogen-bond donors (Lipinski definition) is 1. The Balaban J connectivity index is 1.95. The third-order valence-corrected chi connectivity index (χ3v) is 4.25. The minimum Gasteiger partial charge on any atom is -0.343 e. The molecule has 1 aliphatic heterocycles. The molecule has 21 heavy (non-hydrogen) atoms. The first-order chi connectivity index (χ1) is 10.0. The number of amides is 2. The molecule has 1 N–H and O–H groups in total. The van der Waals surface area contributed by atoms with Crippen molar-refractivity contribution >= 4 is 17.5 Å². The highest BCUT2D eigenvalue weighted by molar-refractivity contribution is 5.94. The normalized spacial score (nSPS) is 15.9. The summed E-state index contributed by atoms with van der Waals surface area (Å²) in [4.78, 5) is 25.9. The summed E-state index contributed by atoms with van der Waals surface area (Å²) >= 11 is 0. The van der Waals surface area contributed by atoms with Gasteiger partial charge in [0.25, 0.3) is 0 Å². The van der Waals surface area contributed by atoms with Crippen LogP contribution in [0.25, 0.3) is 0 Å². The largest absolute Gasteiger partial charge is 0.343 e. The van der Waals surface area contributed by atoms with Crippen molar-refractivity contribution in [3.63, 3.8) is 0 Å². The van der Waals surface area contributed by atoms with Gasteiger partial charge in [0.15, 0.2) is 0 Å². The van der Waals surface area contributed by atoms with E-state index in [1.165, 1.54) is 0 Å². The number of likely N-dealkylation sites (tertiary alicyclic amines) is 1. The number of benzene rings is 1. The molecule has 0 spiro atoms. The van der Waals surface area contributed by atoms with Crippen LogP contribution in [0.1, 0.15) is 37.3 Å². The number of aryl methyl sites for hydroxylation is 2. The third-order valence-electron chi connectivity index (χ3n) is 4.25. The van der Waals surface area contributed by atoms with Crippen LogP contribution in [-0.2, 0) is 9.59 Å². The van der Waals surface area contributed by atoms with Crippen molar-refractivity contribution in [3.8, 4) is 0 Å². The molecule has 0 radical (unpaired) electrons. The topological polar surface area (TPSA) is 49.4 Å². The van der Waals surface area contributed by atoms with Gasteiger partial charge in [0.05, 0.1) is 0 Å². The minimum atomic E-state index is 0.00455. The highest BCUT2D eigenvalue weighted by atomic mass is 16.2. The fourth-order valence-electron chi connectivity index (χ4n) is 2.85. The predicted octanol–water partition coefficient (Wildman–Crippen LogP) is 2.89. The van der Waals surface area contributed by atoms with Gasteiger partial charge >= 0.3 is 0 Å². The number of carbonyl (C=O) groups excluding carboxylic acids is 2. The molecule has 0 saturated carbocycles. The zero-order valence-electron chi connectivity index (χ0n) is 13.1. The molecular weight excluding hydrogens is 264 g/mol. The van der Waals surface area contributed by atoms with Crippen molar-refractivity contribution in [2.45, 2.75) is 40.0 Å². The van der Waals surface area contributed by atoms with Gasteiger partial charge in [0.2, 0.25) is 11.8 Å². The molecule has 1 aromatic carbocycles. The molecule has 2 rings (SSSR count). The number of piperidine rings is 1. The molecule has 1 aliphatic rings. The van der Waals surface area contributed by atoms with Gasteiger partial charge in [-0.3, -0.25) is 9.59 Å². The van der Waals surface area contributed by atoms with Crippen LogP contribution in [0.15, 0.2) is 18.2 Å². The highest BCUT2D eigenvalue weighted by Gasteiger charge is 2.27. The van der Waals surface area contributed by atoms with E-state index in [4.69, 9.17) is 0 Å². The van der Waals surface area contributed by atoms with Crippen LogP contribution < -0.4 is 5.32 Å². The van der Waals surface area contributed by atoms with Crippen molar-refractivity contribution in [3.05, 3.63) is 29.3 Å². The van der Waals surface area contributed by atoms with E-state index >= 15 is 0 Å². The Morgan fingerprint density at radius 3 is 2.29 bits per heavy atom. The minimum absolute atomic E-state index is 0.00455. The number of nitrogens with zero attached hydrogens (tertiary/aromatic N) is 1. The number of para-hydroxylation sites is 1. The van der Waals surface area contributed by atoms with E-state index in [-0.39, 0.29) is 17.7 Å². The highest BCUT2D eigenvalue weighted by Crippen LogP contribution is 2.23. The summed E-state index contributed by atoms with van der Waals surface area (Å²) < 4.78 is 0. The average Bonchev–Trinajstić information content (AvgIpc) is 2.50. The molecule has 0 aromatic heterocycles. The Bertz CT molecular complexity index is 511. The standard InChI is InChI=1S/C17H24N2O2/c1-4-15(20)19-10-8-14(9-11-19)17(21)18-16-12(2)6-5-7-13(16)3/h5-7,14H,4,8-11H2,1-3H3,(H,18,21). The van der Waals surface area contributed by atoms with Gasteiger partial charge in [0, 0.05) is 31.1 Å². The van der Waals surface area contributed by atoms with E-state index < -0.39 is 0 Å². The van der Waals surface area contributed by atoms with E-state index in [0.717, 1.165) is 29.7 Å². The Kier molecular flexibility index (Phi) is 4.99. The van der Waals surface area contributed by atoms with Crippen molar-refractivity contribution in [2.24, 2.45) is 5.92 Å². The average molecular weight is 288 g/mol. The smallest absolute Gasteiger partial charge is 0.227 e. The molecule has 1 fully saturated rings. The molecule has 1 saturated heterocycles. The lowest BCUT2D eigenvalue weighted by Gasteiger charge is -2.31. The van der Waals surface area contributed by atoms with Gasteiger partial charge < -0.3 is 10.2 Å². The predicted molar refractivity (Wildman–Crippen MR) is 84.1 cm³/mol. The van der Waals surface area contributed by atoms with Crippen molar-refractivity contribution in [2.75, 3.05) is 18.4 Å². The summed E-state index contributed by atoms with van der Waals surface area (Å²) in [5.74, 6) is 0.268. The van der Waals surface area contributed by atoms with Crippen molar-refractivity contribution in [1.29, 1.82) is 0 Å². The number of nitrogens with one attached hydrogen (secondary N) is 1. The lowest BCUT2D eigenvalue weighted by atomic mass is 9.95. The van der Waals surface area contributed by atoms with Gasteiger partial charge in [-0.25, -0.2) is 0 Å². The van der Waals surface area contributed by atoms with Crippen molar-refractivity contribution < 1.29 is 9.59 Å². The summed E-state index contributed by atoms with van der Waals surface area (Å²) in [5.41, 5.74) is 3.10. The molecule has 0 unspecified atom stereocenters. The number of carbonyl (C=O) groups is 2. The van der Waals surface area contributed by atoms with Crippen LogP contribution in [0, 0.1) is 19.8 Å². The van der Waals surface area contributed by atoms with E-state index in [9.17, 15) is 9.59 Å². The van der Waals surface area contributed by atoms with Gasteiger partial charge in [-0.15, -0.1) is 0 Å². The van der Waals surface area contributed by atoms with E-state index in [2.05, 4.69) is 5.32 Å². The second kappa shape index (κ2) is 6.74. The monoisotopic (exact) mass is 288 g/mol. The number of hydrogen-bond acceptors (Lipinski definition) is 2. The zero-order valence-corrected chi connectivity index (χ0v) is 13.1. The lowest BCUT2D eigenvalue weighted by molar-refractivity contribution is -0.134. The summed E-state index contributed by atoms with van der Waals surface area (Å²) in [6, 6.07) is 6.01. The number of rotatable bonds is 3. The second-order valence-corrected chi connectivity index (χ2v) is 5.76. The number of anilines is 1. The second-order valence-electron chi connectivity index (χ2n) is 5.76. The molecule has 4 heteroatoms. The fourth-order valence-corrected chi connectivity index (χ4v) is 2.85. The molecular formula is C17H24N2O2. The molecule has 0 bridgehead atoms. The fraction of sp³-hybridized carbons (Fsp3) is 0.529. The van der Waals surface area contributed by atoms with Crippen LogP contribution in [0.2, 0.25) is 0 Å². The van der Waals surface area contributed by atoms with E-state index in [0.29, 0.717) is 19.5 Å². The molecule has 1 aromatic rings. The van der Waals surface area contributed by atoms with Gasteiger partial charge in [-0.1, -0.05) is 25.1 Å². The van der Waals surface area contributed by atoms with Crippen LogP contribution in [-0.4, -0.2) is 29.8 Å². The SMILES string of the molecule is CCC(=O)N1CCC(C(=O)Nc2c(C)cccc2C)CC1. The summed E-state index contributed by atoms with van der Waals surface area (Å²) in [5, 5.41) is 3.06. The summed E-state index contributed by atoms with van der Waals surface area (Å²) in [6.45, 7) is 7.27. The lowest BCUT2D eigenvalue weighted by Crippen LogP contribution is -2.41. The molecule has 0 aliphatic carbocycles. The zero-order chi connectivity index (χ0) is 15.4. The Morgan fingerprint density at radius 2 is 1.76 bits per heavy atom. The molecule has 1 heterocycles.